The highest BCUT2D eigenvalue weighted by Crippen LogP contribution is 2.16. The van der Waals surface area contributed by atoms with Crippen molar-refractivity contribution in [1.29, 1.82) is 0 Å². The average Bonchev–Trinajstić information content (AvgIpc) is 2.78. The van der Waals surface area contributed by atoms with Gasteiger partial charge in [0.05, 0.1) is 0 Å². The van der Waals surface area contributed by atoms with Crippen LogP contribution in [0.3, 0.4) is 0 Å². The second kappa shape index (κ2) is 4.75. The highest BCUT2D eigenvalue weighted by atomic mass is 32.2. The van der Waals surface area contributed by atoms with Gasteiger partial charge in [0.1, 0.15) is 6.33 Å². The summed E-state index contributed by atoms with van der Waals surface area (Å²) < 4.78 is 3.01. The van der Waals surface area contributed by atoms with Crippen LogP contribution in [0, 0.1) is 0 Å². The number of nitrogen functional groups attached to an aromatic ring is 1. The average molecular weight is 244 g/mol. The second-order valence-corrected chi connectivity index (χ2v) is 5.23. The maximum Gasteiger partial charge on any atom is 0.273 e. The van der Waals surface area contributed by atoms with Crippen LogP contribution < -0.4 is 5.84 Å². The van der Waals surface area contributed by atoms with Gasteiger partial charge in [0.15, 0.2) is 0 Å². The molecular weight excluding hydrogens is 232 g/mol. The van der Waals surface area contributed by atoms with Crippen LogP contribution in [0.4, 0.5) is 0 Å². The molecule has 2 N–H and O–H groups in total. The summed E-state index contributed by atoms with van der Waals surface area (Å²) in [6, 6.07) is 0. The molecule has 0 aromatic carbocycles. The van der Waals surface area contributed by atoms with Crippen LogP contribution in [0.15, 0.2) is 11.5 Å². The van der Waals surface area contributed by atoms with Crippen molar-refractivity contribution in [2.24, 2.45) is 0 Å². The van der Waals surface area contributed by atoms with Crippen molar-refractivity contribution in [3.63, 3.8) is 0 Å². The molecule has 8 heteroatoms. The zero-order chi connectivity index (χ0) is 10.7. The fraction of sp³-hybridized carbons (Fsp3) is 0.571. The van der Waals surface area contributed by atoms with Gasteiger partial charge in [-0.15, -0.1) is 10.2 Å². The summed E-state index contributed by atoms with van der Waals surface area (Å²) in [7, 11) is 0. The van der Waals surface area contributed by atoms with E-state index in [1.807, 2.05) is 11.8 Å². The van der Waals surface area contributed by atoms with E-state index >= 15 is 0 Å². The fourth-order valence-corrected chi connectivity index (χ4v) is 2.73. The van der Waals surface area contributed by atoms with E-state index in [1.54, 1.807) is 16.3 Å². The molecule has 6 nitrogen and oxygen atoms in total. The first-order chi connectivity index (χ1) is 7.33. The normalized spacial score (nSPS) is 11.3. The highest BCUT2D eigenvalue weighted by Gasteiger charge is 2.09. The summed E-state index contributed by atoms with van der Waals surface area (Å²) in [5.41, 5.74) is 0. The molecule has 0 fully saturated rings. The Balaban J connectivity index is 2.02. The highest BCUT2D eigenvalue weighted by molar-refractivity contribution is 8.02. The van der Waals surface area contributed by atoms with Gasteiger partial charge in [-0.1, -0.05) is 18.7 Å². The first-order valence-corrected chi connectivity index (χ1v) is 6.71. The number of hydrogen-bond acceptors (Lipinski definition) is 6. The minimum Gasteiger partial charge on any atom is -0.335 e. The first-order valence-electron chi connectivity index (χ1n) is 4.57. The molecule has 0 saturated heterocycles. The number of hydrogen-bond donors (Lipinski definition) is 1. The molecule has 0 aliphatic rings. The molecule has 0 bridgehead atoms. The van der Waals surface area contributed by atoms with Gasteiger partial charge in [0.2, 0.25) is 5.16 Å². The van der Waals surface area contributed by atoms with E-state index in [4.69, 9.17) is 5.84 Å². The molecule has 0 saturated carbocycles. The molecule has 0 spiro atoms. The van der Waals surface area contributed by atoms with Crippen molar-refractivity contribution in [1.82, 2.24) is 24.5 Å². The van der Waals surface area contributed by atoms with E-state index in [0.717, 1.165) is 22.4 Å². The molecule has 15 heavy (non-hydrogen) atoms. The minimum atomic E-state index is 0.570. The Hall–Kier alpha value is -0.890. The van der Waals surface area contributed by atoms with Crippen LogP contribution >= 0.6 is 23.5 Å². The largest absolute Gasteiger partial charge is 0.335 e. The van der Waals surface area contributed by atoms with Crippen LogP contribution in [0.25, 0.3) is 5.78 Å². The van der Waals surface area contributed by atoms with Gasteiger partial charge in [-0.2, -0.15) is 21.4 Å². The molecule has 0 amide bonds. The van der Waals surface area contributed by atoms with Gasteiger partial charge in [-0.3, -0.25) is 0 Å². The summed E-state index contributed by atoms with van der Waals surface area (Å²) in [4.78, 5) is 0. The van der Waals surface area contributed by atoms with E-state index in [1.165, 1.54) is 11.0 Å². The zero-order valence-corrected chi connectivity index (χ0v) is 9.96. The maximum absolute atomic E-state index is 5.58. The molecule has 2 rings (SSSR count). The predicted octanol–water partition coefficient (Wildman–Crippen LogP) is 0.485. The standard InChI is InChI=1S/C7H12N6S2/c1-2-14-3-4-15-7-11-10-6-12(8)5-9-13(6)7/h5H,2-4,8H2,1H3. The molecule has 82 valence electrons. The van der Waals surface area contributed by atoms with Crippen LogP contribution in [0.2, 0.25) is 0 Å². The van der Waals surface area contributed by atoms with Crippen LogP contribution in [0.1, 0.15) is 6.92 Å². The van der Waals surface area contributed by atoms with Gasteiger partial charge in [0, 0.05) is 11.5 Å². The van der Waals surface area contributed by atoms with Crippen LogP contribution in [-0.2, 0) is 0 Å². The minimum absolute atomic E-state index is 0.570. The quantitative estimate of drug-likeness (QED) is 0.468. The van der Waals surface area contributed by atoms with Crippen molar-refractivity contribution in [3.05, 3.63) is 6.33 Å². The third-order valence-corrected chi connectivity index (χ3v) is 3.86. The number of aromatic nitrogens is 5. The van der Waals surface area contributed by atoms with Gasteiger partial charge >= 0.3 is 0 Å². The Morgan fingerprint density at radius 1 is 1.40 bits per heavy atom. The molecule has 2 aromatic heterocycles. The monoisotopic (exact) mass is 244 g/mol. The van der Waals surface area contributed by atoms with E-state index in [0.29, 0.717) is 5.78 Å². The van der Waals surface area contributed by atoms with Crippen LogP contribution in [-0.4, -0.2) is 41.7 Å². The van der Waals surface area contributed by atoms with Crippen molar-refractivity contribution in [2.45, 2.75) is 12.1 Å². The van der Waals surface area contributed by atoms with Crippen molar-refractivity contribution in [3.8, 4) is 0 Å². The smallest absolute Gasteiger partial charge is 0.273 e. The number of thioether (sulfide) groups is 2. The molecular formula is C7H12N6S2. The Morgan fingerprint density at radius 2 is 2.27 bits per heavy atom. The van der Waals surface area contributed by atoms with Crippen molar-refractivity contribution in [2.75, 3.05) is 23.1 Å². The Kier molecular flexibility index (Phi) is 3.37. The van der Waals surface area contributed by atoms with Gasteiger partial charge in [-0.25, -0.2) is 4.68 Å². The third-order valence-electron chi connectivity index (χ3n) is 1.78. The third kappa shape index (κ3) is 2.20. The van der Waals surface area contributed by atoms with E-state index in [-0.39, 0.29) is 0 Å². The number of nitrogens with zero attached hydrogens (tertiary/aromatic N) is 5. The lowest BCUT2D eigenvalue weighted by atomic mass is 10.9. The maximum atomic E-state index is 5.58. The number of nitrogens with two attached hydrogens (primary N) is 1. The zero-order valence-electron chi connectivity index (χ0n) is 8.33. The SMILES string of the molecule is CCSCCSc1nnc2n(N)cnn12. The summed E-state index contributed by atoms with van der Waals surface area (Å²) in [5, 5.41) is 12.8. The molecule has 2 heterocycles. The molecule has 0 unspecified atom stereocenters. The lowest BCUT2D eigenvalue weighted by molar-refractivity contribution is 0.820. The Morgan fingerprint density at radius 3 is 3.07 bits per heavy atom. The van der Waals surface area contributed by atoms with E-state index in [2.05, 4.69) is 22.2 Å². The van der Waals surface area contributed by atoms with Crippen molar-refractivity contribution < 1.29 is 0 Å². The van der Waals surface area contributed by atoms with Gasteiger partial charge in [0.25, 0.3) is 5.78 Å². The Labute approximate surface area is 95.6 Å². The number of rotatable bonds is 5. The molecule has 0 aliphatic carbocycles. The molecule has 0 atom stereocenters. The molecule has 0 radical (unpaired) electrons. The summed E-state index contributed by atoms with van der Waals surface area (Å²) in [6.07, 6.45) is 1.52. The van der Waals surface area contributed by atoms with Crippen molar-refractivity contribution >= 4 is 29.3 Å². The lowest BCUT2D eigenvalue weighted by Crippen LogP contribution is -2.06. The molecule has 0 aliphatic heterocycles. The topological polar surface area (TPSA) is 74.0 Å². The fourth-order valence-electron chi connectivity index (χ4n) is 1.10. The summed E-state index contributed by atoms with van der Waals surface area (Å²) >= 11 is 3.56. The first kappa shape index (κ1) is 10.6. The lowest BCUT2D eigenvalue weighted by Gasteiger charge is -1.95. The Bertz CT molecular complexity index is 436. The van der Waals surface area contributed by atoms with Crippen LogP contribution in [0.5, 0.6) is 0 Å². The summed E-state index contributed by atoms with van der Waals surface area (Å²) in [6.45, 7) is 2.15. The number of fused-ring (bicyclic) bond motifs is 1. The van der Waals surface area contributed by atoms with E-state index < -0.39 is 0 Å². The van der Waals surface area contributed by atoms with E-state index in [9.17, 15) is 0 Å². The molecule has 2 aromatic rings. The second-order valence-electron chi connectivity index (χ2n) is 2.78. The van der Waals surface area contributed by atoms with Gasteiger partial charge in [-0.05, 0) is 5.75 Å². The van der Waals surface area contributed by atoms with Gasteiger partial charge < -0.3 is 5.84 Å². The predicted molar refractivity (Wildman–Crippen MR) is 62.6 cm³/mol. The summed E-state index contributed by atoms with van der Waals surface area (Å²) in [5.74, 6) is 9.42.